The molecule has 0 N–H and O–H groups in total. The number of ether oxygens (including phenoxy) is 1. The summed E-state index contributed by atoms with van der Waals surface area (Å²) in [5.74, 6) is 0.712. The quantitative estimate of drug-likeness (QED) is 0.684. The van der Waals surface area contributed by atoms with E-state index >= 15 is 0 Å². The highest BCUT2D eigenvalue weighted by Crippen LogP contribution is 2.24. The Bertz CT molecular complexity index is 477. The summed E-state index contributed by atoms with van der Waals surface area (Å²) in [6.45, 7) is 4.04. The van der Waals surface area contributed by atoms with Crippen LogP contribution in [0.2, 0.25) is 0 Å². The van der Waals surface area contributed by atoms with Crippen LogP contribution in [0.25, 0.3) is 10.8 Å². The average molecular weight is 187 g/mol. The van der Waals surface area contributed by atoms with Gasteiger partial charge in [0.1, 0.15) is 0 Å². The Hall–Kier alpha value is -1.57. The molecule has 1 aromatic heterocycles. The van der Waals surface area contributed by atoms with Crippen LogP contribution < -0.4 is 4.74 Å². The minimum Gasteiger partial charge on any atom is -0.481 e. The van der Waals surface area contributed by atoms with Crippen molar-refractivity contribution in [2.45, 2.75) is 13.8 Å². The highest BCUT2D eigenvalue weighted by Gasteiger charge is 2.03. The maximum atomic E-state index is 5.25. The second kappa shape index (κ2) is 3.29. The molecule has 1 aromatic carbocycles. The topological polar surface area (TPSA) is 22.1 Å². The van der Waals surface area contributed by atoms with Crippen molar-refractivity contribution >= 4 is 10.8 Å². The Morgan fingerprint density at radius 1 is 1.14 bits per heavy atom. The van der Waals surface area contributed by atoms with E-state index in [2.05, 4.69) is 36.2 Å². The number of aryl methyl sites for hydroxylation is 2. The molecule has 0 bridgehead atoms. The molecule has 0 radical (unpaired) electrons. The molecule has 0 spiro atoms. The zero-order valence-electron chi connectivity index (χ0n) is 8.66. The standard InChI is InChI=1S/C12H13NO/c1-8-4-5-10-7-9(2)13-12(14-3)11(10)6-8/h4-7H,1-3H3. The number of fused-ring (bicyclic) bond motifs is 1. The molecule has 0 saturated carbocycles. The second-order valence-electron chi connectivity index (χ2n) is 3.50. The predicted octanol–water partition coefficient (Wildman–Crippen LogP) is 2.86. The van der Waals surface area contributed by atoms with Gasteiger partial charge in [-0.25, -0.2) is 4.98 Å². The summed E-state index contributed by atoms with van der Waals surface area (Å²) in [6.07, 6.45) is 0. The van der Waals surface area contributed by atoms with Crippen LogP contribution in [0.5, 0.6) is 5.88 Å². The van der Waals surface area contributed by atoms with E-state index in [0.29, 0.717) is 5.88 Å². The largest absolute Gasteiger partial charge is 0.481 e. The van der Waals surface area contributed by atoms with E-state index in [0.717, 1.165) is 11.1 Å². The lowest BCUT2D eigenvalue weighted by Gasteiger charge is -2.06. The SMILES string of the molecule is COc1nc(C)cc2ccc(C)cc12. The average Bonchev–Trinajstić information content (AvgIpc) is 2.17. The van der Waals surface area contributed by atoms with Crippen LogP contribution >= 0.6 is 0 Å². The van der Waals surface area contributed by atoms with Gasteiger partial charge in [-0.05, 0) is 31.4 Å². The van der Waals surface area contributed by atoms with Crippen LogP contribution in [0.3, 0.4) is 0 Å². The van der Waals surface area contributed by atoms with Crippen molar-refractivity contribution in [3.63, 3.8) is 0 Å². The number of pyridine rings is 1. The summed E-state index contributed by atoms with van der Waals surface area (Å²) in [5.41, 5.74) is 2.21. The molecule has 0 saturated heterocycles. The van der Waals surface area contributed by atoms with Crippen molar-refractivity contribution in [2.75, 3.05) is 7.11 Å². The van der Waals surface area contributed by atoms with Gasteiger partial charge in [-0.15, -0.1) is 0 Å². The lowest BCUT2D eigenvalue weighted by Crippen LogP contribution is -1.91. The molecule has 2 aromatic rings. The van der Waals surface area contributed by atoms with E-state index < -0.39 is 0 Å². The third-order valence-corrected chi connectivity index (χ3v) is 2.27. The van der Waals surface area contributed by atoms with Crippen molar-refractivity contribution in [3.05, 3.63) is 35.5 Å². The van der Waals surface area contributed by atoms with E-state index in [1.807, 2.05) is 6.92 Å². The fourth-order valence-corrected chi connectivity index (χ4v) is 1.61. The van der Waals surface area contributed by atoms with Gasteiger partial charge in [-0.2, -0.15) is 0 Å². The molecule has 2 heteroatoms. The molecule has 0 amide bonds. The van der Waals surface area contributed by atoms with Crippen molar-refractivity contribution in [2.24, 2.45) is 0 Å². The smallest absolute Gasteiger partial charge is 0.221 e. The van der Waals surface area contributed by atoms with Gasteiger partial charge >= 0.3 is 0 Å². The van der Waals surface area contributed by atoms with Gasteiger partial charge < -0.3 is 4.74 Å². The molecule has 14 heavy (non-hydrogen) atoms. The minimum absolute atomic E-state index is 0.712. The predicted molar refractivity (Wildman–Crippen MR) is 57.8 cm³/mol. The zero-order chi connectivity index (χ0) is 10.1. The van der Waals surface area contributed by atoms with Crippen molar-refractivity contribution in [1.82, 2.24) is 4.98 Å². The van der Waals surface area contributed by atoms with E-state index in [4.69, 9.17) is 4.74 Å². The van der Waals surface area contributed by atoms with Crippen LogP contribution in [0.15, 0.2) is 24.3 Å². The first-order valence-corrected chi connectivity index (χ1v) is 4.62. The molecule has 2 rings (SSSR count). The number of hydrogen-bond donors (Lipinski definition) is 0. The maximum absolute atomic E-state index is 5.25. The third-order valence-electron chi connectivity index (χ3n) is 2.27. The van der Waals surface area contributed by atoms with Crippen LogP contribution in [0, 0.1) is 13.8 Å². The lowest BCUT2D eigenvalue weighted by molar-refractivity contribution is 0.402. The molecule has 72 valence electrons. The molecular weight excluding hydrogens is 174 g/mol. The molecule has 2 nitrogen and oxygen atoms in total. The van der Waals surface area contributed by atoms with Crippen molar-refractivity contribution < 1.29 is 4.74 Å². The van der Waals surface area contributed by atoms with Crippen LogP contribution in [-0.4, -0.2) is 12.1 Å². The number of benzene rings is 1. The molecule has 0 aliphatic rings. The summed E-state index contributed by atoms with van der Waals surface area (Å²) in [6, 6.07) is 8.36. The van der Waals surface area contributed by atoms with Gasteiger partial charge in [0.15, 0.2) is 0 Å². The molecule has 0 unspecified atom stereocenters. The van der Waals surface area contributed by atoms with Gasteiger partial charge in [0.05, 0.1) is 7.11 Å². The Morgan fingerprint density at radius 2 is 1.93 bits per heavy atom. The van der Waals surface area contributed by atoms with Gasteiger partial charge in [-0.1, -0.05) is 17.7 Å². The first-order valence-electron chi connectivity index (χ1n) is 4.62. The Morgan fingerprint density at radius 3 is 2.64 bits per heavy atom. The fourth-order valence-electron chi connectivity index (χ4n) is 1.61. The number of rotatable bonds is 1. The number of hydrogen-bond acceptors (Lipinski definition) is 2. The van der Waals surface area contributed by atoms with Crippen LogP contribution in [-0.2, 0) is 0 Å². The zero-order valence-corrected chi connectivity index (χ0v) is 8.66. The first-order chi connectivity index (χ1) is 6.70. The monoisotopic (exact) mass is 187 g/mol. The van der Waals surface area contributed by atoms with Crippen LogP contribution in [0.1, 0.15) is 11.3 Å². The maximum Gasteiger partial charge on any atom is 0.221 e. The summed E-state index contributed by atoms with van der Waals surface area (Å²) in [7, 11) is 1.66. The fraction of sp³-hybridized carbons (Fsp3) is 0.250. The second-order valence-corrected chi connectivity index (χ2v) is 3.50. The first kappa shape index (κ1) is 9.00. The number of nitrogens with zero attached hydrogens (tertiary/aromatic N) is 1. The highest BCUT2D eigenvalue weighted by molar-refractivity contribution is 5.87. The van der Waals surface area contributed by atoms with Crippen molar-refractivity contribution in [3.8, 4) is 5.88 Å². The normalized spacial score (nSPS) is 10.5. The molecule has 1 heterocycles. The Kier molecular flexibility index (Phi) is 2.12. The molecule has 0 aliphatic carbocycles. The minimum atomic E-state index is 0.712. The summed E-state index contributed by atoms with van der Waals surface area (Å²) in [4.78, 5) is 4.34. The highest BCUT2D eigenvalue weighted by atomic mass is 16.5. The Balaban J connectivity index is 2.81. The molecular formula is C12H13NO. The number of aromatic nitrogens is 1. The van der Waals surface area contributed by atoms with Crippen molar-refractivity contribution in [1.29, 1.82) is 0 Å². The Labute approximate surface area is 83.5 Å². The summed E-state index contributed by atoms with van der Waals surface area (Å²) >= 11 is 0. The van der Waals surface area contributed by atoms with Gasteiger partial charge in [0.25, 0.3) is 0 Å². The summed E-state index contributed by atoms with van der Waals surface area (Å²) in [5, 5.41) is 2.26. The molecule has 0 fully saturated rings. The van der Waals surface area contributed by atoms with Crippen LogP contribution in [0.4, 0.5) is 0 Å². The lowest BCUT2D eigenvalue weighted by atomic mass is 10.1. The molecule has 0 atom stereocenters. The molecule has 0 aliphatic heterocycles. The number of methoxy groups -OCH3 is 1. The summed E-state index contributed by atoms with van der Waals surface area (Å²) < 4.78 is 5.25. The van der Waals surface area contributed by atoms with Gasteiger partial charge in [0, 0.05) is 11.1 Å². The van der Waals surface area contributed by atoms with Gasteiger partial charge in [-0.3, -0.25) is 0 Å². The van der Waals surface area contributed by atoms with E-state index in [1.54, 1.807) is 7.11 Å². The van der Waals surface area contributed by atoms with E-state index in [1.165, 1.54) is 10.9 Å². The third kappa shape index (κ3) is 1.43. The van der Waals surface area contributed by atoms with E-state index in [9.17, 15) is 0 Å². The van der Waals surface area contributed by atoms with E-state index in [-0.39, 0.29) is 0 Å². The van der Waals surface area contributed by atoms with Gasteiger partial charge in [0.2, 0.25) is 5.88 Å².